The van der Waals surface area contributed by atoms with Gasteiger partial charge in [0.25, 0.3) is 0 Å². The second kappa shape index (κ2) is 5.83. The molecule has 0 amide bonds. The molecule has 1 spiro atoms. The van der Waals surface area contributed by atoms with Gasteiger partial charge >= 0.3 is 0 Å². The highest BCUT2D eigenvalue weighted by Gasteiger charge is 2.50. The summed E-state index contributed by atoms with van der Waals surface area (Å²) in [5.74, 6) is 0. The van der Waals surface area contributed by atoms with E-state index in [9.17, 15) is 0 Å². The third-order valence-electron chi connectivity index (χ3n) is 7.23. The normalized spacial score (nSPS) is 20.4. The standard InChI is InChI=1S/C29H19Br/c30-19-15-16-26-23(17-19)22-11-5-7-18-8-6-14-27(28(18)22)29(26)24-12-3-1-9-20(24)21-10-2-4-13-25(21)29/h1-3,5-12,14-17H,4,13H2. The molecule has 4 aromatic carbocycles. The van der Waals surface area contributed by atoms with E-state index in [0.29, 0.717) is 0 Å². The van der Waals surface area contributed by atoms with E-state index < -0.39 is 0 Å². The van der Waals surface area contributed by atoms with Crippen LogP contribution in [0.5, 0.6) is 0 Å². The molecule has 3 aliphatic carbocycles. The average molecular weight is 447 g/mol. The van der Waals surface area contributed by atoms with Gasteiger partial charge in [0.05, 0.1) is 5.41 Å². The van der Waals surface area contributed by atoms with E-state index in [2.05, 4.69) is 107 Å². The van der Waals surface area contributed by atoms with E-state index in [4.69, 9.17) is 0 Å². The molecule has 0 nitrogen and oxygen atoms in total. The number of benzene rings is 4. The Hall–Kier alpha value is -2.90. The van der Waals surface area contributed by atoms with Crippen molar-refractivity contribution in [3.05, 3.63) is 123 Å². The Morgan fingerprint density at radius 2 is 1.47 bits per heavy atom. The van der Waals surface area contributed by atoms with Crippen molar-refractivity contribution in [2.45, 2.75) is 18.3 Å². The molecular formula is C29H19Br. The van der Waals surface area contributed by atoms with Crippen molar-refractivity contribution in [1.29, 1.82) is 0 Å². The van der Waals surface area contributed by atoms with Crippen LogP contribution in [0.2, 0.25) is 0 Å². The third kappa shape index (κ3) is 1.88. The lowest BCUT2D eigenvalue weighted by molar-refractivity contribution is 0.700. The first-order valence-electron chi connectivity index (χ1n) is 10.6. The lowest BCUT2D eigenvalue weighted by Gasteiger charge is -2.41. The van der Waals surface area contributed by atoms with Gasteiger partial charge in [-0.25, -0.2) is 0 Å². The molecule has 0 aromatic heterocycles. The van der Waals surface area contributed by atoms with Gasteiger partial charge in [0, 0.05) is 4.47 Å². The van der Waals surface area contributed by atoms with E-state index in [-0.39, 0.29) is 5.41 Å². The van der Waals surface area contributed by atoms with Crippen LogP contribution in [0.1, 0.15) is 35.1 Å². The van der Waals surface area contributed by atoms with E-state index in [1.165, 1.54) is 49.7 Å². The summed E-state index contributed by atoms with van der Waals surface area (Å²) in [6, 6.07) is 29.6. The zero-order chi connectivity index (χ0) is 19.9. The maximum Gasteiger partial charge on any atom is 0.0688 e. The Kier molecular flexibility index (Phi) is 3.28. The Balaban J connectivity index is 1.77. The zero-order valence-electron chi connectivity index (χ0n) is 16.5. The fourth-order valence-electron chi connectivity index (χ4n) is 6.22. The maximum atomic E-state index is 3.75. The highest BCUT2D eigenvalue weighted by molar-refractivity contribution is 9.10. The van der Waals surface area contributed by atoms with Crippen molar-refractivity contribution >= 4 is 32.3 Å². The topological polar surface area (TPSA) is 0 Å². The highest BCUT2D eigenvalue weighted by Crippen LogP contribution is 2.62. The summed E-state index contributed by atoms with van der Waals surface area (Å²) in [6.07, 6.45) is 6.92. The second-order valence-corrected chi connectivity index (χ2v) is 9.44. The van der Waals surface area contributed by atoms with Crippen molar-refractivity contribution in [3.8, 4) is 11.1 Å². The first-order valence-corrected chi connectivity index (χ1v) is 11.4. The van der Waals surface area contributed by atoms with Crippen LogP contribution in [-0.4, -0.2) is 0 Å². The molecule has 1 unspecified atom stereocenters. The Morgan fingerprint density at radius 1 is 0.700 bits per heavy atom. The minimum atomic E-state index is -0.208. The molecule has 30 heavy (non-hydrogen) atoms. The van der Waals surface area contributed by atoms with E-state index in [1.54, 1.807) is 5.57 Å². The van der Waals surface area contributed by atoms with E-state index in [0.717, 1.165) is 17.3 Å². The maximum absolute atomic E-state index is 3.75. The number of hydrogen-bond donors (Lipinski definition) is 0. The van der Waals surface area contributed by atoms with Crippen molar-refractivity contribution in [1.82, 2.24) is 0 Å². The fourth-order valence-corrected chi connectivity index (χ4v) is 6.58. The smallest absolute Gasteiger partial charge is 0.0688 e. The van der Waals surface area contributed by atoms with Crippen LogP contribution in [0.25, 0.3) is 27.5 Å². The SMILES string of the molecule is Brc1ccc2c(c1)-c1cccc3cccc(c13)C21C2=C(C=CCC2)c2ccccc21. The van der Waals surface area contributed by atoms with Crippen molar-refractivity contribution < 1.29 is 0 Å². The summed E-state index contributed by atoms with van der Waals surface area (Å²) in [6.45, 7) is 0. The molecule has 1 atom stereocenters. The molecule has 0 fully saturated rings. The minimum Gasteiger partial charge on any atom is -0.0836 e. The number of rotatable bonds is 0. The van der Waals surface area contributed by atoms with Crippen molar-refractivity contribution in [3.63, 3.8) is 0 Å². The molecule has 0 N–H and O–H groups in total. The van der Waals surface area contributed by atoms with Gasteiger partial charge in [-0.3, -0.25) is 0 Å². The van der Waals surface area contributed by atoms with Gasteiger partial charge in [0.2, 0.25) is 0 Å². The number of fused-ring (bicyclic) bond motifs is 8. The summed E-state index contributed by atoms with van der Waals surface area (Å²) >= 11 is 3.75. The molecule has 0 heterocycles. The van der Waals surface area contributed by atoms with Crippen LogP contribution in [0.3, 0.4) is 0 Å². The number of allylic oxidation sites excluding steroid dienone is 4. The molecule has 0 aliphatic heterocycles. The second-order valence-electron chi connectivity index (χ2n) is 8.53. The summed E-state index contributed by atoms with van der Waals surface area (Å²) in [4.78, 5) is 0. The van der Waals surface area contributed by atoms with Gasteiger partial charge in [-0.2, -0.15) is 0 Å². The lowest BCUT2D eigenvalue weighted by atomic mass is 9.60. The van der Waals surface area contributed by atoms with Gasteiger partial charge < -0.3 is 0 Å². The Labute approximate surface area is 184 Å². The largest absolute Gasteiger partial charge is 0.0836 e. The highest BCUT2D eigenvalue weighted by atomic mass is 79.9. The summed E-state index contributed by atoms with van der Waals surface area (Å²) in [7, 11) is 0. The van der Waals surface area contributed by atoms with Crippen LogP contribution < -0.4 is 0 Å². The molecule has 1 heteroatoms. The molecule has 0 bridgehead atoms. The van der Waals surface area contributed by atoms with Crippen molar-refractivity contribution in [2.75, 3.05) is 0 Å². The van der Waals surface area contributed by atoms with Crippen LogP contribution in [-0.2, 0) is 5.41 Å². The predicted molar refractivity (Wildman–Crippen MR) is 129 cm³/mol. The summed E-state index contributed by atoms with van der Waals surface area (Å²) in [5.41, 5.74) is 11.2. The summed E-state index contributed by atoms with van der Waals surface area (Å²) < 4.78 is 1.14. The third-order valence-corrected chi connectivity index (χ3v) is 7.72. The zero-order valence-corrected chi connectivity index (χ0v) is 18.0. The van der Waals surface area contributed by atoms with Crippen LogP contribution >= 0.6 is 15.9 Å². The van der Waals surface area contributed by atoms with Gasteiger partial charge in [-0.15, -0.1) is 0 Å². The first-order chi connectivity index (χ1) is 14.8. The molecule has 0 saturated carbocycles. The van der Waals surface area contributed by atoms with Gasteiger partial charge in [-0.05, 0) is 80.3 Å². The van der Waals surface area contributed by atoms with Crippen LogP contribution in [0.4, 0.5) is 0 Å². The van der Waals surface area contributed by atoms with Crippen molar-refractivity contribution in [2.24, 2.45) is 0 Å². The monoisotopic (exact) mass is 446 g/mol. The van der Waals surface area contributed by atoms with Crippen LogP contribution in [0.15, 0.2) is 101 Å². The molecular weight excluding hydrogens is 428 g/mol. The Bertz CT molecular complexity index is 1450. The van der Waals surface area contributed by atoms with Gasteiger partial charge in [0.1, 0.15) is 0 Å². The number of hydrogen-bond acceptors (Lipinski definition) is 0. The fraction of sp³-hybridized carbons (Fsp3) is 0.103. The number of halogens is 1. The molecule has 142 valence electrons. The molecule has 0 saturated heterocycles. The summed E-state index contributed by atoms with van der Waals surface area (Å²) in [5, 5.41) is 2.73. The predicted octanol–water partition coefficient (Wildman–Crippen LogP) is 8.03. The van der Waals surface area contributed by atoms with Gasteiger partial charge in [0.15, 0.2) is 0 Å². The first kappa shape index (κ1) is 16.8. The molecule has 7 rings (SSSR count). The average Bonchev–Trinajstić information content (AvgIpc) is 3.09. The van der Waals surface area contributed by atoms with E-state index >= 15 is 0 Å². The quantitative estimate of drug-likeness (QED) is 0.256. The molecule has 3 aliphatic rings. The lowest BCUT2D eigenvalue weighted by Crippen LogP contribution is -2.33. The van der Waals surface area contributed by atoms with Crippen LogP contribution in [0, 0.1) is 0 Å². The minimum absolute atomic E-state index is 0.208. The molecule has 4 aromatic rings. The Morgan fingerprint density at radius 3 is 2.40 bits per heavy atom. The van der Waals surface area contributed by atoms with Gasteiger partial charge in [-0.1, -0.05) is 94.8 Å². The van der Waals surface area contributed by atoms with E-state index in [1.807, 2.05) is 0 Å². The molecule has 0 radical (unpaired) electrons.